The molecule has 9 heteroatoms. The van der Waals surface area contributed by atoms with Gasteiger partial charge in [0.2, 0.25) is 15.9 Å². The zero-order valence-electron chi connectivity index (χ0n) is 17.7. The van der Waals surface area contributed by atoms with Crippen LogP contribution in [0, 0.1) is 11.6 Å². The number of nitrogens with one attached hydrogen (secondary N) is 1. The highest BCUT2D eigenvalue weighted by Gasteiger charge is 2.27. The number of aryl methyl sites for hydroxylation is 1. The first kappa shape index (κ1) is 23.1. The smallest absolute Gasteiger partial charge is 0.243 e. The number of benzene rings is 2. The van der Waals surface area contributed by atoms with Gasteiger partial charge in [0.1, 0.15) is 11.6 Å². The van der Waals surface area contributed by atoms with Crippen LogP contribution in [0.1, 0.15) is 31.2 Å². The van der Waals surface area contributed by atoms with Crippen molar-refractivity contribution in [2.75, 3.05) is 37.4 Å². The van der Waals surface area contributed by atoms with E-state index < -0.39 is 27.6 Å². The minimum atomic E-state index is -3.66. The number of nitrogens with zero attached hydrogens (tertiary/aromatic N) is 2. The van der Waals surface area contributed by atoms with Gasteiger partial charge in [-0.15, -0.1) is 0 Å². The molecule has 6 nitrogen and oxygen atoms in total. The van der Waals surface area contributed by atoms with Crippen LogP contribution in [0.5, 0.6) is 0 Å². The van der Waals surface area contributed by atoms with Gasteiger partial charge in [-0.2, -0.15) is 4.31 Å². The van der Waals surface area contributed by atoms with Crippen molar-refractivity contribution in [1.29, 1.82) is 0 Å². The molecule has 0 spiro atoms. The van der Waals surface area contributed by atoms with Crippen molar-refractivity contribution >= 4 is 27.3 Å². The number of sulfonamides is 1. The molecule has 0 unspecified atom stereocenters. The van der Waals surface area contributed by atoms with Gasteiger partial charge >= 0.3 is 0 Å². The lowest BCUT2D eigenvalue weighted by atomic mass is 10.1. The quantitative estimate of drug-likeness (QED) is 0.696. The zero-order valence-corrected chi connectivity index (χ0v) is 18.5. The fourth-order valence-corrected chi connectivity index (χ4v) is 5.16. The lowest BCUT2D eigenvalue weighted by Gasteiger charge is -2.26. The molecule has 0 saturated carbocycles. The van der Waals surface area contributed by atoms with Crippen molar-refractivity contribution in [2.45, 2.75) is 37.0 Å². The minimum Gasteiger partial charge on any atom is -0.376 e. The zero-order chi connectivity index (χ0) is 22.6. The summed E-state index contributed by atoms with van der Waals surface area (Å²) in [6.07, 6.45) is 2.62. The maximum Gasteiger partial charge on any atom is 0.243 e. The normalized spacial score (nSPS) is 15.0. The van der Waals surface area contributed by atoms with Gasteiger partial charge in [-0.05, 0) is 61.2 Å². The van der Waals surface area contributed by atoms with Crippen LogP contribution in [0.25, 0.3) is 0 Å². The van der Waals surface area contributed by atoms with Gasteiger partial charge in [0.25, 0.3) is 0 Å². The summed E-state index contributed by atoms with van der Waals surface area (Å²) in [6, 6.07) is 7.77. The van der Waals surface area contributed by atoms with E-state index in [0.717, 1.165) is 37.5 Å². The van der Waals surface area contributed by atoms with Gasteiger partial charge in [-0.3, -0.25) is 4.79 Å². The monoisotopic (exact) mass is 451 g/mol. The molecule has 0 aromatic heterocycles. The van der Waals surface area contributed by atoms with Crippen LogP contribution in [0.15, 0.2) is 41.3 Å². The summed E-state index contributed by atoms with van der Waals surface area (Å²) in [7, 11) is -0.0889. The maximum atomic E-state index is 13.8. The first-order valence-corrected chi connectivity index (χ1v) is 11.7. The average molecular weight is 452 g/mol. The predicted molar refractivity (Wildman–Crippen MR) is 117 cm³/mol. The molecule has 1 fully saturated rings. The van der Waals surface area contributed by atoms with Gasteiger partial charge in [0.15, 0.2) is 0 Å². The fourth-order valence-electron chi connectivity index (χ4n) is 3.62. The molecule has 0 bridgehead atoms. The summed E-state index contributed by atoms with van der Waals surface area (Å²) in [5.74, 6) is -1.56. The second-order valence-corrected chi connectivity index (χ2v) is 9.76. The number of rotatable bonds is 7. The van der Waals surface area contributed by atoms with Gasteiger partial charge in [0.05, 0.1) is 16.3 Å². The number of carbonyl (C=O) groups is 1. The second kappa shape index (κ2) is 9.74. The van der Waals surface area contributed by atoms with Crippen molar-refractivity contribution in [3.63, 3.8) is 0 Å². The number of anilines is 2. The predicted octanol–water partition coefficient (Wildman–Crippen LogP) is 3.78. The van der Waals surface area contributed by atoms with Crippen LogP contribution in [0.3, 0.4) is 0 Å². The highest BCUT2D eigenvalue weighted by Crippen LogP contribution is 2.30. The lowest BCUT2D eigenvalue weighted by Crippen LogP contribution is -2.35. The Kier molecular flexibility index (Phi) is 7.27. The average Bonchev–Trinajstić information content (AvgIpc) is 2.74. The number of halogens is 2. The van der Waals surface area contributed by atoms with Gasteiger partial charge in [-0.1, -0.05) is 6.42 Å². The molecule has 2 aromatic rings. The lowest BCUT2D eigenvalue weighted by molar-refractivity contribution is -0.116. The highest BCUT2D eigenvalue weighted by molar-refractivity contribution is 7.89. The van der Waals surface area contributed by atoms with E-state index in [1.54, 1.807) is 25.1 Å². The fraction of sp³-hybridized carbons (Fsp3) is 0.409. The van der Waals surface area contributed by atoms with E-state index in [1.807, 2.05) is 0 Å². The Labute approximate surface area is 181 Å². The van der Waals surface area contributed by atoms with Crippen molar-refractivity contribution in [3.8, 4) is 0 Å². The van der Waals surface area contributed by atoms with Crippen LogP contribution in [0.4, 0.5) is 20.2 Å². The van der Waals surface area contributed by atoms with Crippen molar-refractivity contribution in [2.24, 2.45) is 0 Å². The Hall–Kier alpha value is -2.52. The number of amides is 1. The Morgan fingerprint density at radius 3 is 2.45 bits per heavy atom. The Morgan fingerprint density at radius 1 is 1.06 bits per heavy atom. The molecule has 1 N–H and O–H groups in total. The van der Waals surface area contributed by atoms with E-state index in [2.05, 4.69) is 5.32 Å². The molecule has 168 valence electrons. The maximum absolute atomic E-state index is 13.8. The topological polar surface area (TPSA) is 69.7 Å². The molecular formula is C22H27F2N3O3S. The van der Waals surface area contributed by atoms with Crippen molar-refractivity contribution in [3.05, 3.63) is 53.6 Å². The molecule has 31 heavy (non-hydrogen) atoms. The van der Waals surface area contributed by atoms with Crippen LogP contribution in [0.2, 0.25) is 0 Å². The van der Waals surface area contributed by atoms with E-state index in [-0.39, 0.29) is 23.3 Å². The van der Waals surface area contributed by atoms with Crippen LogP contribution < -0.4 is 10.2 Å². The van der Waals surface area contributed by atoms with Crippen LogP contribution in [-0.4, -0.2) is 45.8 Å². The van der Waals surface area contributed by atoms with E-state index in [1.165, 1.54) is 16.4 Å². The number of piperidine rings is 1. The molecule has 2 aromatic carbocycles. The summed E-state index contributed by atoms with van der Waals surface area (Å²) in [6.45, 7) is 0.970. The Balaban J connectivity index is 1.79. The largest absolute Gasteiger partial charge is 0.376 e. The standard InChI is InChI=1S/C22H27F2N3O3S/c1-26(2)21-10-8-18(31(29,30)27-12-4-3-5-13-27)15-20(21)25-22(28)11-6-16-14-17(23)7-9-19(16)24/h7-10,14-15H,3-6,11-13H2,1-2H3,(H,25,28). The number of hydrogen-bond donors (Lipinski definition) is 1. The molecule has 0 aliphatic carbocycles. The molecule has 0 atom stereocenters. The van der Waals surface area contributed by atoms with E-state index in [4.69, 9.17) is 0 Å². The van der Waals surface area contributed by atoms with Crippen molar-refractivity contribution < 1.29 is 22.0 Å². The summed E-state index contributed by atoms with van der Waals surface area (Å²) in [5.41, 5.74) is 1.11. The highest BCUT2D eigenvalue weighted by atomic mass is 32.2. The molecule has 3 rings (SSSR count). The SMILES string of the molecule is CN(C)c1ccc(S(=O)(=O)N2CCCCC2)cc1NC(=O)CCc1cc(F)ccc1F. The summed E-state index contributed by atoms with van der Waals surface area (Å²) >= 11 is 0. The molecule has 1 aliphatic heterocycles. The molecule has 1 heterocycles. The number of hydrogen-bond acceptors (Lipinski definition) is 4. The molecule has 0 radical (unpaired) electrons. The Morgan fingerprint density at radius 2 is 1.77 bits per heavy atom. The van der Waals surface area contributed by atoms with Crippen LogP contribution in [-0.2, 0) is 21.2 Å². The molecule has 1 aliphatic rings. The van der Waals surface area contributed by atoms with E-state index in [0.29, 0.717) is 24.5 Å². The molecule has 1 amide bonds. The van der Waals surface area contributed by atoms with Gasteiger partial charge in [0, 0.05) is 33.6 Å². The molecule has 1 saturated heterocycles. The first-order chi connectivity index (χ1) is 14.7. The third-order valence-electron chi connectivity index (χ3n) is 5.31. The molecular weight excluding hydrogens is 424 g/mol. The summed E-state index contributed by atoms with van der Waals surface area (Å²) in [4.78, 5) is 14.4. The van der Waals surface area contributed by atoms with Gasteiger partial charge in [-0.25, -0.2) is 17.2 Å². The van der Waals surface area contributed by atoms with E-state index in [9.17, 15) is 22.0 Å². The van der Waals surface area contributed by atoms with Gasteiger partial charge < -0.3 is 10.2 Å². The third-order valence-corrected chi connectivity index (χ3v) is 7.20. The summed E-state index contributed by atoms with van der Waals surface area (Å²) < 4.78 is 54.6. The number of carbonyl (C=O) groups excluding carboxylic acids is 1. The van der Waals surface area contributed by atoms with Crippen LogP contribution >= 0.6 is 0 Å². The first-order valence-electron chi connectivity index (χ1n) is 10.2. The second-order valence-electron chi connectivity index (χ2n) is 7.82. The minimum absolute atomic E-state index is 0.0263. The van der Waals surface area contributed by atoms with E-state index >= 15 is 0 Å². The third kappa shape index (κ3) is 5.59. The van der Waals surface area contributed by atoms with Crippen molar-refractivity contribution in [1.82, 2.24) is 4.31 Å². The Bertz CT molecular complexity index is 1050. The summed E-state index contributed by atoms with van der Waals surface area (Å²) in [5, 5.41) is 2.73.